The highest BCUT2D eigenvalue weighted by molar-refractivity contribution is 7.90. The largest absolute Gasteiger partial charge is 0.493 e. The summed E-state index contributed by atoms with van der Waals surface area (Å²) in [4.78, 5) is 32.1. The number of ether oxygens (including phenoxy) is 1. The minimum absolute atomic E-state index is 0.115. The number of urea groups is 1. The number of carbonyl (C=O) groups excluding carboxylic acids is 2. The standard InChI is InChI=1S/C25H29ClN4O5S2/c1-15(2)30-10-4-5-16(13-30)14-35-17-6-8-20(26)19(11-17)23(31)28-24(32)29-25-27-21-9-7-18(37(3,33)34)12-22(21)36-25/h6-9,11-12,15-16H,4-5,10,13-14H2,1-3H3,(H2,27,28,29,31,32)/t16-/m0/s1. The molecule has 198 valence electrons. The van der Waals surface area contributed by atoms with Crippen molar-refractivity contribution in [3.63, 3.8) is 0 Å². The summed E-state index contributed by atoms with van der Waals surface area (Å²) in [5.74, 6) is 0.221. The van der Waals surface area contributed by atoms with E-state index in [4.69, 9.17) is 16.3 Å². The van der Waals surface area contributed by atoms with Gasteiger partial charge >= 0.3 is 6.03 Å². The van der Waals surface area contributed by atoms with Crippen LogP contribution in [0.15, 0.2) is 41.3 Å². The lowest BCUT2D eigenvalue weighted by atomic mass is 9.98. The first-order chi connectivity index (χ1) is 17.5. The second kappa shape index (κ2) is 11.3. The quantitative estimate of drug-likeness (QED) is 0.422. The second-order valence-corrected chi connectivity index (χ2v) is 12.8. The van der Waals surface area contributed by atoms with E-state index in [2.05, 4.69) is 34.4 Å². The SMILES string of the molecule is CC(C)N1CCC[C@H](COc2ccc(Cl)c(C(=O)NC(=O)Nc3nc4ccc(S(C)(=O)=O)cc4s3)c2)C1. The molecule has 0 saturated carbocycles. The number of nitrogens with zero attached hydrogens (tertiary/aromatic N) is 2. The maximum atomic E-state index is 12.8. The fourth-order valence-electron chi connectivity index (χ4n) is 4.17. The minimum atomic E-state index is -3.37. The van der Waals surface area contributed by atoms with Crippen molar-refractivity contribution in [2.24, 2.45) is 5.92 Å². The van der Waals surface area contributed by atoms with Gasteiger partial charge in [-0.1, -0.05) is 22.9 Å². The smallest absolute Gasteiger partial charge is 0.327 e. The van der Waals surface area contributed by atoms with Crippen LogP contribution in [0, 0.1) is 5.92 Å². The number of hydrogen-bond acceptors (Lipinski definition) is 8. The predicted octanol–water partition coefficient (Wildman–Crippen LogP) is 4.81. The molecule has 0 spiro atoms. The number of imide groups is 1. The van der Waals surface area contributed by atoms with Gasteiger partial charge in [0.15, 0.2) is 15.0 Å². The molecule has 3 aromatic rings. The summed E-state index contributed by atoms with van der Waals surface area (Å²) in [6.07, 6.45) is 3.34. The van der Waals surface area contributed by atoms with E-state index in [1.165, 1.54) is 18.2 Å². The van der Waals surface area contributed by atoms with Crippen LogP contribution in [0.5, 0.6) is 5.75 Å². The molecule has 2 aromatic carbocycles. The maximum absolute atomic E-state index is 12.8. The average Bonchev–Trinajstić information content (AvgIpc) is 3.24. The van der Waals surface area contributed by atoms with Crippen LogP contribution in [0.3, 0.4) is 0 Å². The number of halogens is 1. The van der Waals surface area contributed by atoms with Crippen molar-refractivity contribution in [2.45, 2.75) is 37.6 Å². The molecular weight excluding hydrogens is 536 g/mol. The van der Waals surface area contributed by atoms with Gasteiger partial charge in [-0.3, -0.25) is 15.4 Å². The molecule has 1 saturated heterocycles. The van der Waals surface area contributed by atoms with E-state index < -0.39 is 21.8 Å². The Labute approximate surface area is 225 Å². The molecule has 1 aromatic heterocycles. The molecule has 0 bridgehead atoms. The third-order valence-corrected chi connectivity index (χ3v) is 8.56. The summed E-state index contributed by atoms with van der Waals surface area (Å²) in [7, 11) is -3.37. The molecule has 1 aliphatic rings. The third kappa shape index (κ3) is 6.98. The van der Waals surface area contributed by atoms with Gasteiger partial charge < -0.3 is 9.64 Å². The zero-order valence-corrected chi connectivity index (χ0v) is 23.2. The van der Waals surface area contributed by atoms with Crippen LogP contribution < -0.4 is 15.4 Å². The van der Waals surface area contributed by atoms with Gasteiger partial charge in [-0.2, -0.15) is 0 Å². The Morgan fingerprint density at radius 1 is 1.24 bits per heavy atom. The zero-order chi connectivity index (χ0) is 26.7. The van der Waals surface area contributed by atoms with Gasteiger partial charge in [0.05, 0.1) is 32.3 Å². The molecule has 1 aliphatic heterocycles. The molecule has 37 heavy (non-hydrogen) atoms. The lowest BCUT2D eigenvalue weighted by Gasteiger charge is -2.35. The molecule has 9 nitrogen and oxygen atoms in total. The predicted molar refractivity (Wildman–Crippen MR) is 146 cm³/mol. The number of benzene rings is 2. The molecular formula is C25H29ClN4O5S2. The number of carbonyl (C=O) groups is 2. The molecule has 12 heteroatoms. The highest BCUT2D eigenvalue weighted by Gasteiger charge is 2.23. The Bertz CT molecular complexity index is 1420. The molecule has 0 aliphatic carbocycles. The van der Waals surface area contributed by atoms with Crippen LogP contribution in [0.1, 0.15) is 37.0 Å². The first kappa shape index (κ1) is 27.3. The summed E-state index contributed by atoms with van der Waals surface area (Å²) in [6, 6.07) is 9.02. The molecule has 3 amide bonds. The lowest BCUT2D eigenvalue weighted by Crippen LogP contribution is -2.41. The highest BCUT2D eigenvalue weighted by Crippen LogP contribution is 2.28. The van der Waals surface area contributed by atoms with E-state index in [0.717, 1.165) is 43.5 Å². The van der Waals surface area contributed by atoms with Gasteiger partial charge in [0.1, 0.15) is 5.75 Å². The summed E-state index contributed by atoms with van der Waals surface area (Å²) < 4.78 is 30.1. The van der Waals surface area contributed by atoms with Crippen molar-refractivity contribution in [2.75, 3.05) is 31.3 Å². The molecule has 1 atom stereocenters. The van der Waals surface area contributed by atoms with Crippen LogP contribution in [0.2, 0.25) is 5.02 Å². The average molecular weight is 565 g/mol. The van der Waals surface area contributed by atoms with Gasteiger partial charge in [-0.15, -0.1) is 0 Å². The van der Waals surface area contributed by atoms with E-state index in [0.29, 0.717) is 34.5 Å². The third-order valence-electron chi connectivity index (χ3n) is 6.18. The topological polar surface area (TPSA) is 118 Å². The van der Waals surface area contributed by atoms with Crippen molar-refractivity contribution in [1.29, 1.82) is 0 Å². The molecule has 2 heterocycles. The summed E-state index contributed by atoms with van der Waals surface area (Å²) in [5.41, 5.74) is 0.644. The number of hydrogen-bond donors (Lipinski definition) is 2. The number of fused-ring (bicyclic) bond motifs is 1. The van der Waals surface area contributed by atoms with Crippen LogP contribution in [0.25, 0.3) is 10.2 Å². The monoisotopic (exact) mass is 564 g/mol. The summed E-state index contributed by atoms with van der Waals surface area (Å²) in [5, 5.41) is 5.17. The number of rotatable bonds is 7. The van der Waals surface area contributed by atoms with E-state index in [1.807, 2.05) is 0 Å². The Morgan fingerprint density at radius 2 is 2.03 bits per heavy atom. The van der Waals surface area contributed by atoms with Crippen LogP contribution in [-0.2, 0) is 9.84 Å². The molecule has 1 fully saturated rings. The summed E-state index contributed by atoms with van der Waals surface area (Å²) >= 11 is 7.33. The summed E-state index contributed by atoms with van der Waals surface area (Å²) in [6.45, 7) is 6.98. The van der Waals surface area contributed by atoms with Gasteiger partial charge in [-0.25, -0.2) is 18.2 Å². The number of amides is 3. The number of nitrogens with one attached hydrogen (secondary N) is 2. The van der Waals surface area contributed by atoms with Crippen LogP contribution in [-0.4, -0.2) is 62.2 Å². The van der Waals surface area contributed by atoms with E-state index in [-0.39, 0.29) is 20.6 Å². The second-order valence-electron chi connectivity index (χ2n) is 9.38. The first-order valence-electron chi connectivity index (χ1n) is 11.9. The number of sulfone groups is 1. The number of piperidine rings is 1. The van der Waals surface area contributed by atoms with Crippen molar-refractivity contribution < 1.29 is 22.7 Å². The Kier molecular flexibility index (Phi) is 8.37. The van der Waals surface area contributed by atoms with Gasteiger partial charge in [0.2, 0.25) is 0 Å². The Morgan fingerprint density at radius 3 is 2.76 bits per heavy atom. The number of aromatic nitrogens is 1. The molecule has 0 unspecified atom stereocenters. The van der Waals surface area contributed by atoms with Crippen molar-refractivity contribution in [3.05, 3.63) is 47.0 Å². The minimum Gasteiger partial charge on any atom is -0.493 e. The number of anilines is 1. The van der Waals surface area contributed by atoms with Crippen molar-refractivity contribution in [1.82, 2.24) is 15.2 Å². The Balaban J connectivity index is 1.37. The maximum Gasteiger partial charge on any atom is 0.327 e. The highest BCUT2D eigenvalue weighted by atomic mass is 35.5. The fraction of sp³-hybridized carbons (Fsp3) is 0.400. The van der Waals surface area contributed by atoms with Crippen molar-refractivity contribution in [3.8, 4) is 5.75 Å². The van der Waals surface area contributed by atoms with Crippen molar-refractivity contribution >= 4 is 60.1 Å². The number of thiazole rings is 1. The van der Waals surface area contributed by atoms with Crippen LogP contribution in [0.4, 0.5) is 9.93 Å². The van der Waals surface area contributed by atoms with Gasteiger partial charge in [0.25, 0.3) is 5.91 Å². The van der Waals surface area contributed by atoms with Gasteiger partial charge in [-0.05, 0) is 69.6 Å². The fourth-order valence-corrected chi connectivity index (χ4v) is 6.00. The molecule has 0 radical (unpaired) electrons. The Hall–Kier alpha value is -2.73. The molecule has 2 N–H and O–H groups in total. The van der Waals surface area contributed by atoms with Crippen LogP contribution >= 0.6 is 22.9 Å². The lowest BCUT2D eigenvalue weighted by molar-refractivity contribution is 0.0964. The van der Waals surface area contributed by atoms with E-state index in [1.54, 1.807) is 18.2 Å². The number of likely N-dealkylation sites (tertiary alicyclic amines) is 1. The van der Waals surface area contributed by atoms with E-state index >= 15 is 0 Å². The van der Waals surface area contributed by atoms with Gasteiger partial charge in [0, 0.05) is 24.8 Å². The normalized spacial score (nSPS) is 16.6. The zero-order valence-electron chi connectivity index (χ0n) is 20.8. The van der Waals surface area contributed by atoms with E-state index in [9.17, 15) is 18.0 Å². The first-order valence-corrected chi connectivity index (χ1v) is 15.0. The molecule has 4 rings (SSSR count).